The highest BCUT2D eigenvalue weighted by molar-refractivity contribution is 7.89. The van der Waals surface area contributed by atoms with Crippen LogP contribution in [0.2, 0.25) is 0 Å². The molecule has 0 spiro atoms. The third-order valence-electron chi connectivity index (χ3n) is 3.70. The number of sulfonamides is 1. The second-order valence-corrected chi connectivity index (χ2v) is 6.74. The quantitative estimate of drug-likeness (QED) is 0.789. The lowest BCUT2D eigenvalue weighted by Gasteiger charge is -2.28. The maximum absolute atomic E-state index is 12.5. The zero-order valence-electron chi connectivity index (χ0n) is 12.2. The minimum absolute atomic E-state index is 0.295. The van der Waals surface area contributed by atoms with Crippen LogP contribution in [-0.4, -0.2) is 14.0 Å². The smallest absolute Gasteiger partial charge is 0.241 e. The predicted octanol–water partition coefficient (Wildman–Crippen LogP) is 2.69. The highest BCUT2D eigenvalue weighted by atomic mass is 32.2. The highest BCUT2D eigenvalue weighted by Crippen LogP contribution is 2.23. The topological polar surface area (TPSA) is 72.2 Å². The summed E-state index contributed by atoms with van der Waals surface area (Å²) in [6.07, 6.45) is 2.14. The number of anilines is 1. The zero-order chi connectivity index (χ0) is 14.7. The van der Waals surface area contributed by atoms with Crippen molar-refractivity contribution in [3.63, 3.8) is 0 Å². The standard InChI is InChI=1S/C14H24N2O2S/c1-5-11-8-9-12(15)10-13(11)19(17,18)16-14(4,6-2)7-3/h8-10,16H,5-7,15H2,1-4H3. The fourth-order valence-electron chi connectivity index (χ4n) is 1.89. The third kappa shape index (κ3) is 3.70. The lowest BCUT2D eigenvalue weighted by Crippen LogP contribution is -2.45. The third-order valence-corrected chi connectivity index (χ3v) is 5.42. The molecule has 19 heavy (non-hydrogen) atoms. The summed E-state index contributed by atoms with van der Waals surface area (Å²) in [7, 11) is -3.54. The monoisotopic (exact) mass is 284 g/mol. The van der Waals surface area contributed by atoms with E-state index in [0.717, 1.165) is 18.4 Å². The Labute approximate surface area is 116 Å². The number of nitrogens with two attached hydrogens (primary N) is 1. The molecule has 0 radical (unpaired) electrons. The van der Waals surface area contributed by atoms with Crippen molar-refractivity contribution in [3.05, 3.63) is 23.8 Å². The van der Waals surface area contributed by atoms with E-state index in [-0.39, 0.29) is 0 Å². The van der Waals surface area contributed by atoms with Crippen molar-refractivity contribution >= 4 is 15.7 Å². The van der Waals surface area contributed by atoms with Crippen LogP contribution < -0.4 is 10.5 Å². The van der Waals surface area contributed by atoms with Gasteiger partial charge in [0.25, 0.3) is 0 Å². The molecule has 0 aromatic heterocycles. The molecule has 1 rings (SSSR count). The number of rotatable bonds is 6. The van der Waals surface area contributed by atoms with Gasteiger partial charge in [-0.1, -0.05) is 26.8 Å². The molecule has 0 unspecified atom stereocenters. The fourth-order valence-corrected chi connectivity index (χ4v) is 3.78. The Morgan fingerprint density at radius 2 is 1.79 bits per heavy atom. The summed E-state index contributed by atoms with van der Waals surface area (Å²) in [4.78, 5) is 0.295. The molecule has 1 aromatic carbocycles. The number of nitrogen functional groups attached to an aromatic ring is 1. The van der Waals surface area contributed by atoms with Crippen LogP contribution in [0.3, 0.4) is 0 Å². The molecular formula is C14H24N2O2S. The van der Waals surface area contributed by atoms with E-state index in [1.807, 2.05) is 27.7 Å². The SMILES string of the molecule is CCc1ccc(N)cc1S(=O)(=O)NC(C)(CC)CC. The molecule has 5 heteroatoms. The normalized spacial score (nSPS) is 12.6. The molecule has 0 heterocycles. The largest absolute Gasteiger partial charge is 0.399 e. The Hall–Kier alpha value is -1.07. The van der Waals surface area contributed by atoms with Crippen molar-refractivity contribution in [1.82, 2.24) is 4.72 Å². The first-order chi connectivity index (χ1) is 8.78. The summed E-state index contributed by atoms with van der Waals surface area (Å²) < 4.78 is 27.9. The number of hydrogen-bond acceptors (Lipinski definition) is 3. The fraction of sp³-hybridized carbons (Fsp3) is 0.571. The van der Waals surface area contributed by atoms with E-state index in [2.05, 4.69) is 4.72 Å². The van der Waals surface area contributed by atoms with Crippen LogP contribution in [0.15, 0.2) is 23.1 Å². The average Bonchev–Trinajstić information content (AvgIpc) is 2.38. The van der Waals surface area contributed by atoms with Gasteiger partial charge in [-0.15, -0.1) is 0 Å². The van der Waals surface area contributed by atoms with Crippen LogP contribution in [-0.2, 0) is 16.4 Å². The van der Waals surface area contributed by atoms with Gasteiger partial charge in [0, 0.05) is 11.2 Å². The molecule has 1 aromatic rings. The Kier molecular flexibility index (Phi) is 4.98. The van der Waals surface area contributed by atoms with Gasteiger partial charge in [-0.25, -0.2) is 13.1 Å². The molecule has 0 saturated carbocycles. The molecule has 0 aliphatic carbocycles. The molecule has 0 amide bonds. The Bertz CT molecular complexity index is 534. The van der Waals surface area contributed by atoms with E-state index in [9.17, 15) is 8.42 Å². The van der Waals surface area contributed by atoms with Gasteiger partial charge in [0.2, 0.25) is 10.0 Å². The maximum Gasteiger partial charge on any atom is 0.241 e. The maximum atomic E-state index is 12.5. The lowest BCUT2D eigenvalue weighted by atomic mass is 9.98. The minimum Gasteiger partial charge on any atom is -0.399 e. The van der Waals surface area contributed by atoms with Gasteiger partial charge < -0.3 is 5.73 Å². The Morgan fingerprint density at radius 1 is 1.21 bits per heavy atom. The van der Waals surface area contributed by atoms with Gasteiger partial charge in [0.1, 0.15) is 0 Å². The Balaban J connectivity index is 3.24. The first kappa shape index (κ1) is 16.0. The number of nitrogens with one attached hydrogen (secondary N) is 1. The Morgan fingerprint density at radius 3 is 2.26 bits per heavy atom. The summed E-state index contributed by atoms with van der Waals surface area (Å²) in [5.74, 6) is 0. The van der Waals surface area contributed by atoms with Crippen LogP contribution in [0.25, 0.3) is 0 Å². The van der Waals surface area contributed by atoms with Crippen molar-refractivity contribution in [2.45, 2.75) is 57.4 Å². The summed E-state index contributed by atoms with van der Waals surface area (Å²) >= 11 is 0. The van der Waals surface area contributed by atoms with Gasteiger partial charge in [-0.05, 0) is 43.9 Å². The lowest BCUT2D eigenvalue weighted by molar-refractivity contribution is 0.388. The van der Waals surface area contributed by atoms with Crippen molar-refractivity contribution in [2.75, 3.05) is 5.73 Å². The van der Waals surface area contributed by atoms with Crippen molar-refractivity contribution in [2.24, 2.45) is 0 Å². The first-order valence-corrected chi connectivity index (χ1v) is 8.18. The van der Waals surface area contributed by atoms with Crippen molar-refractivity contribution in [1.29, 1.82) is 0 Å². The predicted molar refractivity (Wildman–Crippen MR) is 79.5 cm³/mol. The van der Waals surface area contributed by atoms with E-state index in [1.54, 1.807) is 12.1 Å². The number of hydrogen-bond donors (Lipinski definition) is 2. The average molecular weight is 284 g/mol. The summed E-state index contributed by atoms with van der Waals surface area (Å²) in [6, 6.07) is 5.04. The number of benzene rings is 1. The van der Waals surface area contributed by atoms with E-state index >= 15 is 0 Å². The molecule has 0 bridgehead atoms. The van der Waals surface area contributed by atoms with Gasteiger partial charge >= 0.3 is 0 Å². The molecule has 0 aliphatic rings. The van der Waals surface area contributed by atoms with Gasteiger partial charge in [-0.2, -0.15) is 0 Å². The van der Waals surface area contributed by atoms with Crippen LogP contribution in [0.1, 0.15) is 46.1 Å². The van der Waals surface area contributed by atoms with E-state index in [4.69, 9.17) is 5.73 Å². The summed E-state index contributed by atoms with van der Waals surface area (Å²) in [5.41, 5.74) is 6.55. The molecule has 3 N–H and O–H groups in total. The van der Waals surface area contributed by atoms with E-state index < -0.39 is 15.6 Å². The van der Waals surface area contributed by atoms with E-state index in [0.29, 0.717) is 17.0 Å². The molecule has 0 saturated heterocycles. The first-order valence-electron chi connectivity index (χ1n) is 6.70. The molecule has 0 aliphatic heterocycles. The van der Waals surface area contributed by atoms with Crippen LogP contribution in [0.4, 0.5) is 5.69 Å². The zero-order valence-corrected chi connectivity index (χ0v) is 13.0. The van der Waals surface area contributed by atoms with Crippen molar-refractivity contribution in [3.8, 4) is 0 Å². The summed E-state index contributed by atoms with van der Waals surface area (Å²) in [6.45, 7) is 7.81. The van der Waals surface area contributed by atoms with Crippen LogP contribution in [0.5, 0.6) is 0 Å². The van der Waals surface area contributed by atoms with E-state index in [1.165, 1.54) is 6.07 Å². The molecule has 108 valence electrons. The summed E-state index contributed by atoms with van der Waals surface area (Å²) in [5, 5.41) is 0. The second-order valence-electron chi connectivity index (χ2n) is 5.09. The van der Waals surface area contributed by atoms with Gasteiger partial charge in [-0.3, -0.25) is 0 Å². The second kappa shape index (κ2) is 5.92. The van der Waals surface area contributed by atoms with Crippen LogP contribution >= 0.6 is 0 Å². The van der Waals surface area contributed by atoms with Gasteiger partial charge in [0.05, 0.1) is 4.90 Å². The molecule has 4 nitrogen and oxygen atoms in total. The number of aryl methyl sites for hydroxylation is 1. The van der Waals surface area contributed by atoms with Gasteiger partial charge in [0.15, 0.2) is 0 Å². The highest BCUT2D eigenvalue weighted by Gasteiger charge is 2.28. The van der Waals surface area contributed by atoms with Crippen molar-refractivity contribution < 1.29 is 8.42 Å². The van der Waals surface area contributed by atoms with Crippen LogP contribution in [0, 0.1) is 0 Å². The minimum atomic E-state index is -3.54. The molecule has 0 fully saturated rings. The molecular weight excluding hydrogens is 260 g/mol. The molecule has 0 atom stereocenters.